The molecule has 2 aliphatic heterocycles. The SMILES string of the molecule is O=C(NCC1CCCN(Cc2cccc(C(F)F)c2)C1)C1CCCN1. The van der Waals surface area contributed by atoms with Crippen LogP contribution in [-0.4, -0.2) is 43.0 Å². The van der Waals surface area contributed by atoms with Crippen molar-refractivity contribution in [3.05, 3.63) is 35.4 Å². The van der Waals surface area contributed by atoms with Crippen molar-refractivity contribution >= 4 is 5.91 Å². The molecule has 2 saturated heterocycles. The number of hydrogen-bond acceptors (Lipinski definition) is 3. The molecule has 0 spiro atoms. The summed E-state index contributed by atoms with van der Waals surface area (Å²) in [6.07, 6.45) is 1.74. The minimum absolute atomic E-state index is 0.0308. The summed E-state index contributed by atoms with van der Waals surface area (Å²) >= 11 is 0. The minimum Gasteiger partial charge on any atom is -0.354 e. The number of amides is 1. The van der Waals surface area contributed by atoms with Gasteiger partial charge in [0.15, 0.2) is 0 Å². The van der Waals surface area contributed by atoms with Gasteiger partial charge in [0.25, 0.3) is 6.43 Å². The van der Waals surface area contributed by atoms with Gasteiger partial charge in [0.1, 0.15) is 0 Å². The highest BCUT2D eigenvalue weighted by atomic mass is 19.3. The molecule has 2 atom stereocenters. The van der Waals surface area contributed by atoms with Crippen LogP contribution in [0.1, 0.15) is 43.2 Å². The summed E-state index contributed by atoms with van der Waals surface area (Å²) in [6, 6.07) is 6.65. The third-order valence-electron chi connectivity index (χ3n) is 5.15. The van der Waals surface area contributed by atoms with E-state index in [1.807, 2.05) is 6.07 Å². The van der Waals surface area contributed by atoms with Gasteiger partial charge in [0.2, 0.25) is 5.91 Å². The minimum atomic E-state index is -2.42. The summed E-state index contributed by atoms with van der Waals surface area (Å²) in [6.45, 7) is 4.19. The van der Waals surface area contributed by atoms with Gasteiger partial charge in [-0.25, -0.2) is 8.78 Å². The van der Waals surface area contributed by atoms with Crippen molar-refractivity contribution < 1.29 is 13.6 Å². The smallest absolute Gasteiger partial charge is 0.263 e. The number of hydrogen-bond donors (Lipinski definition) is 2. The zero-order valence-corrected chi connectivity index (χ0v) is 14.5. The summed E-state index contributed by atoms with van der Waals surface area (Å²) in [5, 5.41) is 6.29. The maximum Gasteiger partial charge on any atom is 0.263 e. The van der Waals surface area contributed by atoms with Crippen LogP contribution in [0.4, 0.5) is 8.78 Å². The van der Waals surface area contributed by atoms with Gasteiger partial charge in [-0.15, -0.1) is 0 Å². The lowest BCUT2D eigenvalue weighted by molar-refractivity contribution is -0.123. The maximum absolute atomic E-state index is 12.8. The molecule has 1 aromatic rings. The van der Waals surface area contributed by atoms with Crippen molar-refractivity contribution in [2.45, 2.75) is 44.7 Å². The van der Waals surface area contributed by atoms with Gasteiger partial charge in [-0.05, 0) is 56.3 Å². The van der Waals surface area contributed by atoms with Crippen LogP contribution in [0.15, 0.2) is 24.3 Å². The number of halogens is 2. The molecule has 2 N–H and O–H groups in total. The first-order chi connectivity index (χ1) is 12.1. The summed E-state index contributed by atoms with van der Waals surface area (Å²) in [7, 11) is 0. The molecule has 0 aromatic heterocycles. The summed E-state index contributed by atoms with van der Waals surface area (Å²) in [5.41, 5.74) is 1.01. The first kappa shape index (κ1) is 18.3. The molecular weight excluding hydrogens is 324 g/mol. The molecule has 6 heteroatoms. The van der Waals surface area contributed by atoms with E-state index in [1.54, 1.807) is 12.1 Å². The number of nitrogens with one attached hydrogen (secondary N) is 2. The molecule has 4 nitrogen and oxygen atoms in total. The van der Waals surface area contributed by atoms with Crippen molar-refractivity contribution in [2.24, 2.45) is 5.92 Å². The normalized spacial score (nSPS) is 24.6. The van der Waals surface area contributed by atoms with Gasteiger partial charge in [-0.1, -0.05) is 18.2 Å². The Hall–Kier alpha value is -1.53. The summed E-state index contributed by atoms with van der Waals surface area (Å²) in [4.78, 5) is 14.4. The van der Waals surface area contributed by atoms with Crippen molar-refractivity contribution in [1.82, 2.24) is 15.5 Å². The van der Waals surface area contributed by atoms with Crippen molar-refractivity contribution in [1.29, 1.82) is 0 Å². The van der Waals surface area contributed by atoms with Gasteiger partial charge >= 0.3 is 0 Å². The highest BCUT2D eigenvalue weighted by Crippen LogP contribution is 2.22. The van der Waals surface area contributed by atoms with E-state index in [1.165, 1.54) is 6.07 Å². The summed E-state index contributed by atoms with van der Waals surface area (Å²) < 4.78 is 25.7. The van der Waals surface area contributed by atoms with E-state index in [0.717, 1.165) is 50.9 Å². The van der Waals surface area contributed by atoms with Gasteiger partial charge in [0.05, 0.1) is 6.04 Å². The Morgan fingerprint density at radius 3 is 2.96 bits per heavy atom. The van der Waals surface area contributed by atoms with Gasteiger partial charge in [-0.3, -0.25) is 9.69 Å². The fourth-order valence-electron chi connectivity index (χ4n) is 3.82. The Balaban J connectivity index is 1.47. The lowest BCUT2D eigenvalue weighted by atomic mass is 9.97. The van der Waals surface area contributed by atoms with Crippen LogP contribution in [0.2, 0.25) is 0 Å². The van der Waals surface area contributed by atoms with Crippen molar-refractivity contribution in [3.8, 4) is 0 Å². The van der Waals surface area contributed by atoms with E-state index in [0.29, 0.717) is 19.0 Å². The third-order valence-corrected chi connectivity index (χ3v) is 5.15. The number of alkyl halides is 2. The Bertz CT molecular complexity index is 576. The van der Waals surface area contributed by atoms with Crippen LogP contribution in [0.5, 0.6) is 0 Å². The van der Waals surface area contributed by atoms with Crippen LogP contribution >= 0.6 is 0 Å². The van der Waals surface area contributed by atoms with E-state index < -0.39 is 6.43 Å². The van der Waals surface area contributed by atoms with E-state index in [9.17, 15) is 13.6 Å². The lowest BCUT2D eigenvalue weighted by Gasteiger charge is -2.33. The molecule has 138 valence electrons. The second kappa shape index (κ2) is 8.72. The van der Waals surface area contributed by atoms with E-state index in [2.05, 4.69) is 15.5 Å². The second-order valence-corrected chi connectivity index (χ2v) is 7.18. The van der Waals surface area contributed by atoms with Crippen LogP contribution in [0.25, 0.3) is 0 Å². The fraction of sp³-hybridized carbons (Fsp3) is 0.632. The fourth-order valence-corrected chi connectivity index (χ4v) is 3.82. The average Bonchev–Trinajstić information content (AvgIpc) is 3.15. The standard InChI is InChI=1S/C19H27F2N3O/c20-18(21)16-6-1-4-14(10-16)12-24-9-3-5-15(13-24)11-23-19(25)17-7-2-8-22-17/h1,4,6,10,15,17-18,22H,2-3,5,7-9,11-13H2,(H,23,25). The van der Waals surface area contributed by atoms with Crippen LogP contribution in [0, 0.1) is 5.92 Å². The van der Waals surface area contributed by atoms with Crippen LogP contribution in [0.3, 0.4) is 0 Å². The molecule has 0 saturated carbocycles. The zero-order valence-electron chi connectivity index (χ0n) is 14.5. The molecule has 0 radical (unpaired) electrons. The molecule has 3 rings (SSSR count). The van der Waals surface area contributed by atoms with Crippen molar-refractivity contribution in [3.63, 3.8) is 0 Å². The first-order valence-electron chi connectivity index (χ1n) is 9.22. The molecule has 0 bridgehead atoms. The van der Waals surface area contributed by atoms with Gasteiger partial charge in [0, 0.05) is 25.2 Å². The predicted molar refractivity (Wildman–Crippen MR) is 93.4 cm³/mol. The number of piperidine rings is 1. The number of nitrogens with zero attached hydrogens (tertiary/aromatic N) is 1. The highest BCUT2D eigenvalue weighted by molar-refractivity contribution is 5.81. The molecule has 1 amide bonds. The van der Waals surface area contributed by atoms with Gasteiger partial charge in [-0.2, -0.15) is 0 Å². The molecule has 1 aromatic carbocycles. The maximum atomic E-state index is 12.8. The zero-order chi connectivity index (χ0) is 17.6. The number of carbonyl (C=O) groups excluding carboxylic acids is 1. The largest absolute Gasteiger partial charge is 0.354 e. The van der Waals surface area contributed by atoms with E-state index in [-0.39, 0.29) is 17.5 Å². The predicted octanol–water partition coefficient (Wildman–Crippen LogP) is 2.70. The first-order valence-corrected chi connectivity index (χ1v) is 9.22. The quantitative estimate of drug-likeness (QED) is 0.828. The van der Waals surface area contributed by atoms with Crippen molar-refractivity contribution in [2.75, 3.05) is 26.2 Å². The molecule has 2 unspecified atom stereocenters. The summed E-state index contributed by atoms with van der Waals surface area (Å²) in [5.74, 6) is 0.539. The number of likely N-dealkylation sites (tertiary alicyclic amines) is 1. The highest BCUT2D eigenvalue weighted by Gasteiger charge is 2.24. The molecule has 25 heavy (non-hydrogen) atoms. The number of rotatable bonds is 6. The van der Waals surface area contributed by atoms with E-state index >= 15 is 0 Å². The Labute approximate surface area is 148 Å². The average molecular weight is 351 g/mol. The number of carbonyl (C=O) groups is 1. The molecule has 2 aliphatic rings. The molecule has 2 fully saturated rings. The van der Waals surface area contributed by atoms with Gasteiger partial charge < -0.3 is 10.6 Å². The third kappa shape index (κ3) is 5.22. The second-order valence-electron chi connectivity index (χ2n) is 7.18. The van der Waals surface area contributed by atoms with Crippen LogP contribution in [-0.2, 0) is 11.3 Å². The monoisotopic (exact) mass is 351 g/mol. The number of benzene rings is 1. The van der Waals surface area contributed by atoms with E-state index in [4.69, 9.17) is 0 Å². The molecule has 2 heterocycles. The molecular formula is C19H27F2N3O. The Morgan fingerprint density at radius 1 is 1.32 bits per heavy atom. The Morgan fingerprint density at radius 2 is 2.20 bits per heavy atom. The topological polar surface area (TPSA) is 44.4 Å². The Kier molecular flexibility index (Phi) is 6.37. The molecule has 0 aliphatic carbocycles. The van der Waals surface area contributed by atoms with Crippen LogP contribution < -0.4 is 10.6 Å². The lowest BCUT2D eigenvalue weighted by Crippen LogP contribution is -2.45.